The lowest BCUT2D eigenvalue weighted by atomic mass is 10.0. The maximum atomic E-state index is 13.9. The summed E-state index contributed by atoms with van der Waals surface area (Å²) in [6, 6.07) is 22.0. The summed E-state index contributed by atoms with van der Waals surface area (Å²) in [5, 5.41) is 2.69. The fourth-order valence-corrected chi connectivity index (χ4v) is 5.07. The van der Waals surface area contributed by atoms with Gasteiger partial charge in [0.25, 0.3) is 5.91 Å². The lowest BCUT2D eigenvalue weighted by Gasteiger charge is -2.21. The molecule has 1 amide bonds. The number of aromatic nitrogens is 2. The second-order valence-electron chi connectivity index (χ2n) is 7.70. The number of thiazole rings is 1. The van der Waals surface area contributed by atoms with E-state index in [1.54, 1.807) is 28.6 Å². The van der Waals surface area contributed by atoms with Gasteiger partial charge in [-0.15, -0.1) is 0 Å². The van der Waals surface area contributed by atoms with Gasteiger partial charge >= 0.3 is 0 Å². The highest BCUT2D eigenvalue weighted by Gasteiger charge is 2.23. The molecule has 152 valence electrons. The summed E-state index contributed by atoms with van der Waals surface area (Å²) in [6.07, 6.45) is 3.54. The van der Waals surface area contributed by atoms with Crippen LogP contribution < -0.4 is 4.90 Å². The van der Waals surface area contributed by atoms with Crippen LogP contribution in [-0.4, -0.2) is 15.9 Å². The summed E-state index contributed by atoms with van der Waals surface area (Å²) in [7, 11) is 0. The molecule has 4 nitrogen and oxygen atoms in total. The largest absolute Gasteiger partial charge is 0.279 e. The molecule has 0 aliphatic heterocycles. The first kappa shape index (κ1) is 19.4. The number of nitrogens with zero attached hydrogens (tertiary/aromatic N) is 3. The van der Waals surface area contributed by atoms with Crippen LogP contribution in [0, 0.1) is 13.8 Å². The molecule has 31 heavy (non-hydrogen) atoms. The minimum absolute atomic E-state index is 0.0610. The summed E-state index contributed by atoms with van der Waals surface area (Å²) < 4.78 is 1.09. The van der Waals surface area contributed by atoms with E-state index in [2.05, 4.69) is 31.0 Å². The molecule has 0 saturated heterocycles. The monoisotopic (exact) mass is 423 g/mol. The Hall–Kier alpha value is -3.57. The molecule has 5 aromatic rings. The second-order valence-corrected chi connectivity index (χ2v) is 8.71. The van der Waals surface area contributed by atoms with Gasteiger partial charge in [-0.3, -0.25) is 14.7 Å². The predicted octanol–water partition coefficient (Wildman–Crippen LogP) is 6.31. The topological polar surface area (TPSA) is 46.1 Å². The van der Waals surface area contributed by atoms with Crippen LogP contribution in [0.4, 0.5) is 5.13 Å². The third-order valence-corrected chi connectivity index (χ3v) is 6.40. The molecule has 5 rings (SSSR count). The van der Waals surface area contributed by atoms with Crippen molar-refractivity contribution >= 4 is 43.4 Å². The third-order valence-electron chi connectivity index (χ3n) is 5.38. The Kier molecular flexibility index (Phi) is 4.96. The van der Waals surface area contributed by atoms with E-state index in [-0.39, 0.29) is 5.91 Å². The number of amides is 1. The first-order valence-electron chi connectivity index (χ1n) is 10.2. The number of hydrogen-bond acceptors (Lipinski definition) is 4. The SMILES string of the molecule is Cc1cc(C)c2nc(N(Cc3cccnc3)C(=O)c3cccc4ccccc34)sc2c1. The van der Waals surface area contributed by atoms with Gasteiger partial charge in [0, 0.05) is 18.0 Å². The van der Waals surface area contributed by atoms with Crippen molar-refractivity contribution in [2.24, 2.45) is 0 Å². The van der Waals surface area contributed by atoms with Crippen molar-refractivity contribution in [1.82, 2.24) is 9.97 Å². The molecule has 2 aromatic heterocycles. The summed E-state index contributed by atoms with van der Waals surface area (Å²) in [6.45, 7) is 4.56. The van der Waals surface area contributed by atoms with E-state index in [4.69, 9.17) is 4.98 Å². The normalized spacial score (nSPS) is 11.2. The van der Waals surface area contributed by atoms with Crippen LogP contribution in [0.2, 0.25) is 0 Å². The van der Waals surface area contributed by atoms with E-state index in [1.807, 2.05) is 54.6 Å². The molecular weight excluding hydrogens is 402 g/mol. The summed E-state index contributed by atoms with van der Waals surface area (Å²) in [5.41, 5.74) is 4.90. The molecule has 0 aliphatic rings. The van der Waals surface area contributed by atoms with Gasteiger partial charge in [0.2, 0.25) is 0 Å². The zero-order chi connectivity index (χ0) is 21.4. The fraction of sp³-hybridized carbons (Fsp3) is 0.115. The van der Waals surface area contributed by atoms with Gasteiger partial charge in [0.15, 0.2) is 5.13 Å². The maximum Gasteiger partial charge on any atom is 0.261 e. The Bertz CT molecular complexity index is 1400. The molecule has 0 bridgehead atoms. The van der Waals surface area contributed by atoms with E-state index in [1.165, 1.54) is 5.56 Å². The molecule has 5 heteroatoms. The number of aryl methyl sites for hydroxylation is 2. The first-order chi connectivity index (χ1) is 15.1. The standard InChI is InChI=1S/C26H21N3OS/c1-17-13-18(2)24-23(14-17)31-26(28-24)29(16-19-7-6-12-27-15-19)25(30)22-11-5-9-20-8-3-4-10-21(20)22/h3-15H,16H2,1-2H3. The molecule has 0 fully saturated rings. The number of carbonyl (C=O) groups is 1. The smallest absolute Gasteiger partial charge is 0.261 e. The molecule has 0 saturated carbocycles. The van der Waals surface area contributed by atoms with Crippen molar-refractivity contribution in [3.05, 3.63) is 101 Å². The minimum Gasteiger partial charge on any atom is -0.279 e. The van der Waals surface area contributed by atoms with Crippen molar-refractivity contribution in [2.45, 2.75) is 20.4 Å². The van der Waals surface area contributed by atoms with Gasteiger partial charge in [-0.1, -0.05) is 59.9 Å². The summed E-state index contributed by atoms with van der Waals surface area (Å²) in [4.78, 5) is 24.7. The first-order valence-corrected chi connectivity index (χ1v) is 11.0. The van der Waals surface area contributed by atoms with Gasteiger partial charge in [0.1, 0.15) is 0 Å². The van der Waals surface area contributed by atoms with Crippen LogP contribution in [0.25, 0.3) is 21.0 Å². The molecule has 0 unspecified atom stereocenters. The van der Waals surface area contributed by atoms with Crippen molar-refractivity contribution in [3.8, 4) is 0 Å². The molecule has 0 N–H and O–H groups in total. The van der Waals surface area contributed by atoms with Crippen molar-refractivity contribution in [1.29, 1.82) is 0 Å². The number of anilines is 1. The fourth-order valence-electron chi connectivity index (χ4n) is 3.93. The lowest BCUT2D eigenvalue weighted by Crippen LogP contribution is -2.30. The van der Waals surface area contributed by atoms with Crippen LogP contribution in [0.5, 0.6) is 0 Å². The quantitative estimate of drug-likeness (QED) is 0.340. The zero-order valence-electron chi connectivity index (χ0n) is 17.4. The van der Waals surface area contributed by atoms with Crippen LogP contribution in [0.15, 0.2) is 79.1 Å². The molecule has 0 radical (unpaired) electrons. The number of pyridine rings is 1. The van der Waals surface area contributed by atoms with Gasteiger partial charge in [-0.25, -0.2) is 4.98 Å². The van der Waals surface area contributed by atoms with Crippen LogP contribution in [0.3, 0.4) is 0 Å². The average molecular weight is 424 g/mol. The summed E-state index contributed by atoms with van der Waals surface area (Å²) in [5.74, 6) is -0.0610. The number of benzene rings is 3. The Morgan fingerprint density at radius 1 is 1.00 bits per heavy atom. The Balaban J connectivity index is 1.65. The Morgan fingerprint density at radius 3 is 2.68 bits per heavy atom. The van der Waals surface area contributed by atoms with Crippen molar-refractivity contribution in [3.63, 3.8) is 0 Å². The average Bonchev–Trinajstić information content (AvgIpc) is 3.21. The highest BCUT2D eigenvalue weighted by Crippen LogP contribution is 2.34. The summed E-state index contributed by atoms with van der Waals surface area (Å²) >= 11 is 1.55. The van der Waals surface area contributed by atoms with Crippen molar-refractivity contribution < 1.29 is 4.79 Å². The van der Waals surface area contributed by atoms with Gasteiger partial charge in [0.05, 0.1) is 16.8 Å². The molecule has 0 aliphatic carbocycles. The minimum atomic E-state index is -0.0610. The highest BCUT2D eigenvalue weighted by molar-refractivity contribution is 7.22. The highest BCUT2D eigenvalue weighted by atomic mass is 32.1. The zero-order valence-corrected chi connectivity index (χ0v) is 18.2. The molecule has 2 heterocycles. The molecular formula is C26H21N3OS. The van der Waals surface area contributed by atoms with Crippen LogP contribution in [-0.2, 0) is 6.54 Å². The predicted molar refractivity (Wildman–Crippen MR) is 128 cm³/mol. The number of fused-ring (bicyclic) bond motifs is 2. The van der Waals surface area contributed by atoms with Crippen LogP contribution >= 0.6 is 11.3 Å². The van der Waals surface area contributed by atoms with Crippen molar-refractivity contribution in [2.75, 3.05) is 4.90 Å². The molecule has 3 aromatic carbocycles. The third kappa shape index (κ3) is 3.68. The Labute approximate surface area is 184 Å². The van der Waals surface area contributed by atoms with E-state index in [9.17, 15) is 4.79 Å². The lowest BCUT2D eigenvalue weighted by molar-refractivity contribution is 0.0986. The molecule has 0 spiro atoms. The van der Waals surface area contributed by atoms with Gasteiger partial charge in [-0.05, 0) is 59.5 Å². The molecule has 0 atom stereocenters. The van der Waals surface area contributed by atoms with E-state index in [0.717, 1.165) is 32.1 Å². The number of carbonyl (C=O) groups excluding carboxylic acids is 1. The van der Waals surface area contributed by atoms with E-state index >= 15 is 0 Å². The second kappa shape index (κ2) is 7.93. The van der Waals surface area contributed by atoms with Gasteiger partial charge in [-0.2, -0.15) is 0 Å². The number of hydrogen-bond donors (Lipinski definition) is 0. The number of rotatable bonds is 4. The van der Waals surface area contributed by atoms with E-state index in [0.29, 0.717) is 17.2 Å². The van der Waals surface area contributed by atoms with E-state index < -0.39 is 0 Å². The maximum absolute atomic E-state index is 13.9. The Morgan fingerprint density at radius 2 is 1.84 bits per heavy atom. The van der Waals surface area contributed by atoms with Crippen LogP contribution in [0.1, 0.15) is 27.0 Å². The van der Waals surface area contributed by atoms with Gasteiger partial charge < -0.3 is 0 Å².